The fourth-order valence-electron chi connectivity index (χ4n) is 2.16. The van der Waals surface area contributed by atoms with Crippen LogP contribution in [0.5, 0.6) is 0 Å². The van der Waals surface area contributed by atoms with E-state index in [0.29, 0.717) is 31.4 Å². The highest BCUT2D eigenvalue weighted by Crippen LogP contribution is 2.32. The molecule has 0 aliphatic carbocycles. The summed E-state index contributed by atoms with van der Waals surface area (Å²) in [6, 6.07) is 4.76. The third-order valence-corrected chi connectivity index (χ3v) is 5.33. The number of alkyl halides is 2. The maximum absolute atomic E-state index is 13.6. The van der Waals surface area contributed by atoms with Gasteiger partial charge in [-0.05, 0) is 23.7 Å². The lowest BCUT2D eigenvalue weighted by Gasteiger charge is -2.15. The van der Waals surface area contributed by atoms with Gasteiger partial charge < -0.3 is 4.74 Å². The van der Waals surface area contributed by atoms with Crippen molar-refractivity contribution in [3.8, 4) is 11.1 Å². The first-order chi connectivity index (χ1) is 11.1. The van der Waals surface area contributed by atoms with Gasteiger partial charge in [-0.2, -0.15) is 5.10 Å². The summed E-state index contributed by atoms with van der Waals surface area (Å²) in [5.41, 5.74) is 0.537. The van der Waals surface area contributed by atoms with Crippen LogP contribution in [-0.4, -0.2) is 24.5 Å². The molecule has 0 bridgehead atoms. The van der Waals surface area contributed by atoms with E-state index in [2.05, 4.69) is 24.7 Å². The summed E-state index contributed by atoms with van der Waals surface area (Å²) in [5, 5.41) is 4.16. The lowest BCUT2D eigenvalue weighted by Crippen LogP contribution is -2.22. The largest absolute Gasteiger partial charge is 0.360 e. The fourth-order valence-corrected chi connectivity index (χ4v) is 2.92. The number of rotatable bonds is 7. The molecule has 132 valence electrons. The third kappa shape index (κ3) is 5.21. The van der Waals surface area contributed by atoms with Gasteiger partial charge >= 0.3 is 0 Å². The van der Waals surface area contributed by atoms with Crippen molar-refractivity contribution in [3.05, 3.63) is 42.0 Å². The minimum atomic E-state index is -3.23. The van der Waals surface area contributed by atoms with E-state index in [9.17, 15) is 13.2 Å². The van der Waals surface area contributed by atoms with E-state index in [1.165, 1.54) is 12.1 Å². The normalized spacial score (nSPS) is 12.6. The highest BCUT2D eigenvalue weighted by atomic mass is 28.3. The summed E-state index contributed by atoms with van der Waals surface area (Å²) < 4.78 is 47.7. The second-order valence-corrected chi connectivity index (χ2v) is 12.8. The SMILES string of the molecule is CC(F)(F)c1cc(-c2cnn(COCC[Si](C)(C)C)c2)ccc1F. The molecule has 0 spiro atoms. The minimum absolute atomic E-state index is 0.308. The van der Waals surface area contributed by atoms with Crippen LogP contribution in [0.3, 0.4) is 0 Å². The molecule has 1 aromatic carbocycles. The second kappa shape index (κ2) is 7.10. The summed E-state index contributed by atoms with van der Waals surface area (Å²) in [4.78, 5) is 0. The van der Waals surface area contributed by atoms with Crippen LogP contribution in [0.1, 0.15) is 12.5 Å². The zero-order valence-corrected chi connectivity index (χ0v) is 15.4. The molecule has 0 atom stereocenters. The molecular formula is C17H23F3N2OSi. The van der Waals surface area contributed by atoms with Gasteiger partial charge in [0.05, 0.1) is 11.8 Å². The van der Waals surface area contributed by atoms with E-state index in [4.69, 9.17) is 4.74 Å². The van der Waals surface area contributed by atoms with E-state index in [-0.39, 0.29) is 0 Å². The standard InChI is InChI=1S/C17H23F3N2OSi/c1-17(19,20)15-9-13(5-6-16(15)18)14-10-21-22(11-14)12-23-7-8-24(2,3)4/h5-6,9-11H,7-8,12H2,1-4H3. The van der Waals surface area contributed by atoms with Gasteiger partial charge in [-0.1, -0.05) is 25.7 Å². The maximum Gasteiger partial charge on any atom is 0.273 e. The molecular weight excluding hydrogens is 333 g/mol. The Morgan fingerprint density at radius 1 is 1.21 bits per heavy atom. The number of nitrogens with zero attached hydrogens (tertiary/aromatic N) is 2. The summed E-state index contributed by atoms with van der Waals surface area (Å²) in [6.45, 7) is 8.50. The first-order valence-electron chi connectivity index (χ1n) is 7.85. The molecule has 0 aliphatic heterocycles. The average Bonchev–Trinajstić information content (AvgIpc) is 2.91. The first kappa shape index (κ1) is 18.7. The Labute approximate surface area is 141 Å². The number of aromatic nitrogens is 2. The Morgan fingerprint density at radius 3 is 2.54 bits per heavy atom. The Bertz CT molecular complexity index is 690. The van der Waals surface area contributed by atoms with Gasteiger partial charge in [0.15, 0.2) is 0 Å². The van der Waals surface area contributed by atoms with Crippen LogP contribution < -0.4 is 0 Å². The molecule has 0 saturated heterocycles. The molecule has 7 heteroatoms. The van der Waals surface area contributed by atoms with Gasteiger partial charge in [0.1, 0.15) is 12.5 Å². The van der Waals surface area contributed by atoms with Gasteiger partial charge in [0, 0.05) is 33.4 Å². The zero-order valence-electron chi connectivity index (χ0n) is 14.4. The molecule has 0 amide bonds. The average molecular weight is 356 g/mol. The second-order valence-electron chi connectivity index (χ2n) is 7.20. The van der Waals surface area contributed by atoms with Crippen molar-refractivity contribution < 1.29 is 17.9 Å². The zero-order chi connectivity index (χ0) is 18.0. The van der Waals surface area contributed by atoms with E-state index in [0.717, 1.165) is 12.1 Å². The van der Waals surface area contributed by atoms with Crippen LogP contribution in [0.25, 0.3) is 11.1 Å². The fraction of sp³-hybridized carbons (Fsp3) is 0.471. The van der Waals surface area contributed by atoms with Crippen LogP contribution in [0.15, 0.2) is 30.6 Å². The Kier molecular flexibility index (Phi) is 5.55. The first-order valence-corrected chi connectivity index (χ1v) is 11.6. The highest BCUT2D eigenvalue weighted by molar-refractivity contribution is 6.76. The van der Waals surface area contributed by atoms with Crippen molar-refractivity contribution in [2.75, 3.05) is 6.61 Å². The molecule has 1 heterocycles. The number of benzene rings is 1. The molecule has 0 N–H and O–H groups in total. The topological polar surface area (TPSA) is 27.1 Å². The third-order valence-electron chi connectivity index (χ3n) is 3.63. The highest BCUT2D eigenvalue weighted by Gasteiger charge is 2.28. The van der Waals surface area contributed by atoms with Crippen molar-refractivity contribution in [2.24, 2.45) is 0 Å². The van der Waals surface area contributed by atoms with Crippen molar-refractivity contribution in [1.29, 1.82) is 0 Å². The van der Waals surface area contributed by atoms with Gasteiger partial charge in [-0.3, -0.25) is 0 Å². The maximum atomic E-state index is 13.6. The van der Waals surface area contributed by atoms with E-state index in [1.807, 2.05) is 0 Å². The molecule has 0 aliphatic rings. The summed E-state index contributed by atoms with van der Waals surface area (Å²) in [6.07, 6.45) is 3.27. The molecule has 0 unspecified atom stereocenters. The predicted octanol–water partition coefficient (Wildman–Crippen LogP) is 5.11. The Balaban J connectivity index is 2.05. The van der Waals surface area contributed by atoms with Crippen molar-refractivity contribution in [3.63, 3.8) is 0 Å². The Hall–Kier alpha value is -1.60. The Morgan fingerprint density at radius 2 is 1.92 bits per heavy atom. The minimum Gasteiger partial charge on any atom is -0.360 e. The van der Waals surface area contributed by atoms with Gasteiger partial charge in [-0.15, -0.1) is 0 Å². The number of hydrogen-bond donors (Lipinski definition) is 0. The number of ether oxygens (including phenoxy) is 1. The van der Waals surface area contributed by atoms with Gasteiger partial charge in [-0.25, -0.2) is 17.9 Å². The van der Waals surface area contributed by atoms with Crippen LogP contribution in [0.4, 0.5) is 13.2 Å². The lowest BCUT2D eigenvalue weighted by molar-refractivity contribution is 0.0138. The predicted molar refractivity (Wildman–Crippen MR) is 91.3 cm³/mol. The lowest BCUT2D eigenvalue weighted by atomic mass is 10.0. The smallest absolute Gasteiger partial charge is 0.273 e. The molecule has 0 fully saturated rings. The molecule has 0 radical (unpaired) electrons. The van der Waals surface area contributed by atoms with Gasteiger partial charge in [0.25, 0.3) is 5.92 Å². The number of halogens is 3. The van der Waals surface area contributed by atoms with Crippen LogP contribution in [-0.2, 0) is 17.4 Å². The molecule has 2 aromatic rings. The van der Waals surface area contributed by atoms with Crippen LogP contribution in [0.2, 0.25) is 25.7 Å². The summed E-state index contributed by atoms with van der Waals surface area (Å²) in [5.74, 6) is -4.14. The molecule has 1 aromatic heterocycles. The van der Waals surface area contributed by atoms with E-state index in [1.54, 1.807) is 17.1 Å². The van der Waals surface area contributed by atoms with Crippen LogP contribution >= 0.6 is 0 Å². The summed E-state index contributed by atoms with van der Waals surface area (Å²) >= 11 is 0. The monoisotopic (exact) mass is 356 g/mol. The summed E-state index contributed by atoms with van der Waals surface area (Å²) in [7, 11) is -1.13. The van der Waals surface area contributed by atoms with E-state index < -0.39 is 25.4 Å². The van der Waals surface area contributed by atoms with Crippen molar-refractivity contribution >= 4 is 8.07 Å². The van der Waals surface area contributed by atoms with Crippen molar-refractivity contribution in [1.82, 2.24) is 9.78 Å². The molecule has 3 nitrogen and oxygen atoms in total. The quantitative estimate of drug-likeness (QED) is 0.509. The van der Waals surface area contributed by atoms with E-state index >= 15 is 0 Å². The molecule has 2 rings (SSSR count). The molecule has 24 heavy (non-hydrogen) atoms. The van der Waals surface area contributed by atoms with Gasteiger partial charge in [0.2, 0.25) is 0 Å². The van der Waals surface area contributed by atoms with Crippen molar-refractivity contribution in [2.45, 2.75) is 45.3 Å². The molecule has 0 saturated carbocycles. The van der Waals surface area contributed by atoms with Crippen LogP contribution in [0, 0.1) is 5.82 Å². The number of hydrogen-bond acceptors (Lipinski definition) is 2.